The van der Waals surface area contributed by atoms with Crippen LogP contribution in [-0.2, 0) is 6.54 Å². The number of aldehydes is 1. The van der Waals surface area contributed by atoms with E-state index in [1.54, 1.807) is 48.5 Å². The maximum absolute atomic E-state index is 13.0. The molecule has 0 N–H and O–H groups in total. The summed E-state index contributed by atoms with van der Waals surface area (Å²) in [7, 11) is 0. The first-order valence-electron chi connectivity index (χ1n) is 10.9. The summed E-state index contributed by atoms with van der Waals surface area (Å²) in [6.07, 6.45) is 0.892. The Balaban J connectivity index is 1.42. The zero-order chi connectivity index (χ0) is 23.7. The van der Waals surface area contributed by atoms with Gasteiger partial charge in [0.15, 0.2) is 6.29 Å². The molecule has 168 valence electrons. The second kappa shape index (κ2) is 8.78. The van der Waals surface area contributed by atoms with Crippen molar-refractivity contribution in [3.63, 3.8) is 0 Å². The third kappa shape index (κ3) is 3.77. The summed E-state index contributed by atoms with van der Waals surface area (Å²) in [4.78, 5) is 50.9. The van der Waals surface area contributed by atoms with Gasteiger partial charge in [-0.3, -0.25) is 24.1 Å². The number of nitrogens with zero attached hydrogens (tertiary/aromatic N) is 2. The molecule has 0 radical (unpaired) electrons. The molecular weight excluding hydrogens is 432 g/mol. The maximum Gasteiger partial charge on any atom is 0.261 e. The third-order valence-electron chi connectivity index (χ3n) is 5.84. The van der Waals surface area contributed by atoms with Gasteiger partial charge in [-0.05, 0) is 54.3 Å². The van der Waals surface area contributed by atoms with Crippen LogP contribution in [0.1, 0.15) is 37.5 Å². The first-order chi connectivity index (χ1) is 16.6. The van der Waals surface area contributed by atoms with Gasteiger partial charge in [-0.2, -0.15) is 0 Å². The van der Waals surface area contributed by atoms with Crippen LogP contribution in [-0.4, -0.2) is 34.1 Å². The number of carbonyl (C=O) groups excluding carboxylic acids is 3. The van der Waals surface area contributed by atoms with Crippen molar-refractivity contribution in [3.8, 4) is 11.5 Å². The van der Waals surface area contributed by atoms with Crippen LogP contribution in [0.5, 0.6) is 11.5 Å². The minimum atomic E-state index is -0.429. The smallest absolute Gasteiger partial charge is 0.261 e. The Kier molecular flexibility index (Phi) is 5.51. The van der Waals surface area contributed by atoms with Crippen molar-refractivity contribution in [2.24, 2.45) is 0 Å². The lowest BCUT2D eigenvalue weighted by Crippen LogP contribution is -2.32. The van der Waals surface area contributed by atoms with Crippen molar-refractivity contribution >= 4 is 29.0 Å². The fourth-order valence-electron chi connectivity index (χ4n) is 4.20. The summed E-state index contributed by atoms with van der Waals surface area (Å²) in [6, 6.07) is 22.9. The average molecular weight is 452 g/mol. The van der Waals surface area contributed by atoms with E-state index in [0.29, 0.717) is 46.2 Å². The quantitative estimate of drug-likeness (QED) is 0.308. The standard InChI is InChI=1S/C27H20N2O5/c30-17-19-15-18-11-12-21(34-20-7-2-1-3-8-20)16-24(18)28(25(19)31)13-6-14-29-26(32)22-9-4-5-10-23(22)27(29)33/h1-5,7-12,15-17H,6,13-14H2. The van der Waals surface area contributed by atoms with E-state index in [9.17, 15) is 19.2 Å². The van der Waals surface area contributed by atoms with Gasteiger partial charge < -0.3 is 9.30 Å². The van der Waals surface area contributed by atoms with Crippen molar-refractivity contribution in [1.29, 1.82) is 0 Å². The number of para-hydroxylation sites is 1. The Labute approximate surface area is 194 Å². The zero-order valence-electron chi connectivity index (χ0n) is 18.1. The average Bonchev–Trinajstić information content (AvgIpc) is 3.11. The van der Waals surface area contributed by atoms with E-state index >= 15 is 0 Å². The Morgan fingerprint density at radius 2 is 1.41 bits per heavy atom. The van der Waals surface area contributed by atoms with E-state index in [1.807, 2.05) is 30.3 Å². The van der Waals surface area contributed by atoms with E-state index < -0.39 is 5.56 Å². The molecule has 0 spiro atoms. The molecule has 34 heavy (non-hydrogen) atoms. The number of aromatic nitrogens is 1. The number of aryl methyl sites for hydroxylation is 1. The molecule has 1 aliphatic rings. The molecule has 1 aliphatic heterocycles. The maximum atomic E-state index is 13.0. The minimum Gasteiger partial charge on any atom is -0.457 e. The Morgan fingerprint density at radius 3 is 2.09 bits per heavy atom. The number of pyridine rings is 1. The molecular formula is C27H20N2O5. The first-order valence-corrected chi connectivity index (χ1v) is 10.9. The fraction of sp³-hybridized carbons (Fsp3) is 0.111. The van der Waals surface area contributed by atoms with Gasteiger partial charge in [-0.15, -0.1) is 0 Å². The van der Waals surface area contributed by atoms with Gasteiger partial charge in [0.25, 0.3) is 17.4 Å². The molecule has 7 heteroatoms. The zero-order valence-corrected chi connectivity index (χ0v) is 18.1. The number of rotatable bonds is 7. The van der Waals surface area contributed by atoms with Gasteiger partial charge in [0.2, 0.25) is 0 Å². The summed E-state index contributed by atoms with van der Waals surface area (Å²) >= 11 is 0. The monoisotopic (exact) mass is 452 g/mol. The molecule has 0 atom stereocenters. The highest BCUT2D eigenvalue weighted by molar-refractivity contribution is 6.21. The molecule has 0 saturated heterocycles. The Morgan fingerprint density at radius 1 is 0.735 bits per heavy atom. The van der Waals surface area contributed by atoms with Gasteiger partial charge in [-0.1, -0.05) is 30.3 Å². The van der Waals surface area contributed by atoms with Crippen molar-refractivity contribution in [2.75, 3.05) is 6.54 Å². The van der Waals surface area contributed by atoms with E-state index in [4.69, 9.17) is 4.74 Å². The van der Waals surface area contributed by atoms with Gasteiger partial charge in [0, 0.05) is 19.2 Å². The second-order valence-electron chi connectivity index (χ2n) is 7.97. The van der Waals surface area contributed by atoms with E-state index in [1.165, 1.54) is 9.47 Å². The van der Waals surface area contributed by atoms with Crippen LogP contribution in [0.4, 0.5) is 0 Å². The number of amides is 2. The van der Waals surface area contributed by atoms with E-state index in [-0.39, 0.29) is 30.5 Å². The Hall–Kier alpha value is -4.52. The van der Waals surface area contributed by atoms with Crippen molar-refractivity contribution in [2.45, 2.75) is 13.0 Å². The molecule has 0 bridgehead atoms. The summed E-state index contributed by atoms with van der Waals surface area (Å²) < 4.78 is 7.40. The fourth-order valence-corrected chi connectivity index (χ4v) is 4.20. The van der Waals surface area contributed by atoms with E-state index in [0.717, 1.165) is 0 Å². The highest BCUT2D eigenvalue weighted by Crippen LogP contribution is 2.26. The summed E-state index contributed by atoms with van der Waals surface area (Å²) in [5.41, 5.74) is 1.000. The lowest BCUT2D eigenvalue weighted by Gasteiger charge is -2.16. The largest absolute Gasteiger partial charge is 0.457 e. The SMILES string of the molecule is O=Cc1cc2ccc(Oc3ccccc3)cc2n(CCCN2C(=O)c3ccccc3C2=O)c1=O. The molecule has 4 aromatic rings. The van der Waals surface area contributed by atoms with Crippen LogP contribution in [0.25, 0.3) is 10.9 Å². The lowest BCUT2D eigenvalue weighted by molar-refractivity contribution is 0.0650. The number of imide groups is 1. The molecule has 0 saturated carbocycles. The predicted molar refractivity (Wildman–Crippen MR) is 127 cm³/mol. The molecule has 2 amide bonds. The number of hydrogen-bond donors (Lipinski definition) is 0. The Bertz CT molecular complexity index is 1460. The van der Waals surface area contributed by atoms with Crippen LogP contribution in [0.3, 0.4) is 0 Å². The number of fused-ring (bicyclic) bond motifs is 2. The van der Waals surface area contributed by atoms with Gasteiger partial charge in [0.05, 0.1) is 22.2 Å². The minimum absolute atomic E-state index is 0.0463. The van der Waals surface area contributed by atoms with Crippen molar-refractivity contribution in [3.05, 3.63) is 106 Å². The highest BCUT2D eigenvalue weighted by Gasteiger charge is 2.34. The molecule has 2 heterocycles. The number of ether oxygens (including phenoxy) is 1. The third-order valence-corrected chi connectivity index (χ3v) is 5.84. The molecule has 7 nitrogen and oxygen atoms in total. The van der Waals surface area contributed by atoms with Crippen LogP contribution in [0.15, 0.2) is 83.7 Å². The van der Waals surface area contributed by atoms with Crippen LogP contribution < -0.4 is 10.3 Å². The molecule has 0 unspecified atom stereocenters. The van der Waals surface area contributed by atoms with Crippen molar-refractivity contribution < 1.29 is 19.1 Å². The molecule has 3 aromatic carbocycles. The number of benzene rings is 3. The highest BCUT2D eigenvalue weighted by atomic mass is 16.5. The van der Waals surface area contributed by atoms with Crippen LogP contribution >= 0.6 is 0 Å². The van der Waals surface area contributed by atoms with Gasteiger partial charge in [-0.25, -0.2) is 0 Å². The van der Waals surface area contributed by atoms with Gasteiger partial charge in [0.1, 0.15) is 11.5 Å². The summed E-state index contributed by atoms with van der Waals surface area (Å²) in [5.74, 6) is 0.535. The number of hydrogen-bond acceptors (Lipinski definition) is 5. The predicted octanol–water partition coefficient (Wildman–Crippen LogP) is 4.29. The molecule has 0 aliphatic carbocycles. The lowest BCUT2D eigenvalue weighted by atomic mass is 10.1. The topological polar surface area (TPSA) is 85.7 Å². The first kappa shape index (κ1) is 21.3. The van der Waals surface area contributed by atoms with Crippen LogP contribution in [0, 0.1) is 0 Å². The van der Waals surface area contributed by atoms with Crippen molar-refractivity contribution in [1.82, 2.24) is 9.47 Å². The van der Waals surface area contributed by atoms with Gasteiger partial charge >= 0.3 is 0 Å². The molecule has 5 rings (SSSR count). The molecule has 1 aromatic heterocycles. The summed E-state index contributed by atoms with van der Waals surface area (Å²) in [6.45, 7) is 0.380. The second-order valence-corrected chi connectivity index (χ2v) is 7.97. The summed E-state index contributed by atoms with van der Waals surface area (Å²) in [5, 5.41) is 0.711. The van der Waals surface area contributed by atoms with E-state index in [2.05, 4.69) is 0 Å². The number of carbonyl (C=O) groups is 3. The normalized spacial score (nSPS) is 12.8. The van der Waals surface area contributed by atoms with Crippen LogP contribution in [0.2, 0.25) is 0 Å². The molecule has 0 fully saturated rings.